The van der Waals surface area contributed by atoms with Crippen molar-refractivity contribution in [1.29, 1.82) is 10.5 Å². The van der Waals surface area contributed by atoms with Crippen LogP contribution < -0.4 is 0 Å². The molecule has 2 nitrogen and oxygen atoms in total. The van der Waals surface area contributed by atoms with Crippen molar-refractivity contribution in [1.82, 2.24) is 0 Å². The molecule has 0 radical (unpaired) electrons. The van der Waals surface area contributed by atoms with Crippen LogP contribution in [0.3, 0.4) is 0 Å². The van der Waals surface area contributed by atoms with Gasteiger partial charge >= 0.3 is 0 Å². The third-order valence-electron chi connectivity index (χ3n) is 1.14. The summed E-state index contributed by atoms with van der Waals surface area (Å²) >= 11 is 1.71. The molecule has 0 amide bonds. The summed E-state index contributed by atoms with van der Waals surface area (Å²) in [7, 11) is 0. The lowest BCUT2D eigenvalue weighted by Crippen LogP contribution is -1.47. The van der Waals surface area contributed by atoms with Gasteiger partial charge in [-0.15, -0.1) is 0 Å². The Bertz CT molecular complexity index is 326. The minimum absolute atomic E-state index is 1.24. The van der Waals surface area contributed by atoms with Gasteiger partial charge in [0.1, 0.15) is 0 Å². The summed E-state index contributed by atoms with van der Waals surface area (Å²) in [5, 5.41) is 18.6. The minimum Gasteiger partial charge on any atom is -0.181 e. The van der Waals surface area contributed by atoms with Crippen molar-refractivity contribution in [2.75, 3.05) is 0 Å². The topological polar surface area (TPSA) is 47.6 Å². The van der Waals surface area contributed by atoms with Gasteiger partial charge in [0.2, 0.25) is 0 Å². The van der Waals surface area contributed by atoms with Gasteiger partial charge < -0.3 is 0 Å². The van der Waals surface area contributed by atoms with Crippen molar-refractivity contribution in [2.45, 2.75) is 0 Å². The van der Waals surface area contributed by atoms with Crippen molar-refractivity contribution in [2.24, 2.45) is 0 Å². The standard InChI is InChI=1S/C6H6.C4H4S.C2N2/c1-2-4-6-5-3-1;1-2-4-5-3-1;3-1-2-4/h1-6H;1-4H;. The first-order valence-electron chi connectivity index (χ1n) is 4.17. The normalized spacial score (nSPS) is 6.53. The lowest BCUT2D eigenvalue weighted by atomic mass is 10.4. The number of rotatable bonds is 0. The molecule has 1 aromatic carbocycles. The van der Waals surface area contributed by atoms with E-state index in [1.165, 1.54) is 12.1 Å². The lowest BCUT2D eigenvalue weighted by molar-refractivity contribution is 1.49. The Kier molecular flexibility index (Phi) is 10.2. The number of hydrogen-bond donors (Lipinski definition) is 0. The van der Waals surface area contributed by atoms with Crippen LogP contribution in [-0.2, 0) is 0 Å². The first kappa shape index (κ1) is 12.9. The van der Waals surface area contributed by atoms with Crippen LogP contribution >= 0.6 is 11.3 Å². The molecule has 0 saturated heterocycles. The fraction of sp³-hybridized carbons (Fsp3) is 0. The Hall–Kier alpha value is -2.10. The van der Waals surface area contributed by atoms with Crippen LogP contribution in [0.4, 0.5) is 0 Å². The van der Waals surface area contributed by atoms with E-state index in [4.69, 9.17) is 10.5 Å². The van der Waals surface area contributed by atoms with E-state index < -0.39 is 0 Å². The van der Waals surface area contributed by atoms with Crippen molar-refractivity contribution in [3.05, 3.63) is 59.3 Å². The molecule has 1 aromatic heterocycles. The second kappa shape index (κ2) is 11.9. The van der Waals surface area contributed by atoms with E-state index in [1.54, 1.807) is 11.3 Å². The molecule has 0 bridgehead atoms. The first-order valence-corrected chi connectivity index (χ1v) is 5.11. The zero-order valence-electron chi connectivity index (χ0n) is 8.08. The van der Waals surface area contributed by atoms with Gasteiger partial charge in [0.15, 0.2) is 12.1 Å². The molecule has 0 saturated carbocycles. The van der Waals surface area contributed by atoms with Crippen LogP contribution in [0.5, 0.6) is 0 Å². The number of benzene rings is 1. The molecule has 1 heterocycles. The second-order valence-corrected chi connectivity index (χ2v) is 2.99. The number of nitriles is 2. The van der Waals surface area contributed by atoms with Gasteiger partial charge in [0, 0.05) is 0 Å². The lowest BCUT2D eigenvalue weighted by Gasteiger charge is -1.69. The van der Waals surface area contributed by atoms with E-state index in [0.29, 0.717) is 0 Å². The molecule has 0 spiro atoms. The average Bonchev–Trinajstić information content (AvgIpc) is 2.90. The molecule has 0 fully saturated rings. The molecule has 3 heteroatoms. The van der Waals surface area contributed by atoms with Crippen molar-refractivity contribution >= 4 is 11.3 Å². The maximum absolute atomic E-state index is 7.26. The van der Waals surface area contributed by atoms with Gasteiger partial charge in [-0.25, -0.2) is 0 Å². The van der Waals surface area contributed by atoms with Crippen molar-refractivity contribution < 1.29 is 0 Å². The van der Waals surface area contributed by atoms with Crippen LogP contribution in [0.25, 0.3) is 0 Å². The Morgan fingerprint density at radius 1 is 0.600 bits per heavy atom. The Labute approximate surface area is 93.7 Å². The second-order valence-electron chi connectivity index (χ2n) is 2.17. The largest absolute Gasteiger partial charge is 0.181 e. The molecule has 0 unspecified atom stereocenters. The molecule has 74 valence electrons. The highest BCUT2D eigenvalue weighted by Crippen LogP contribution is 1.91. The third-order valence-corrected chi connectivity index (χ3v) is 1.77. The molecular formula is C12H10N2S. The van der Waals surface area contributed by atoms with E-state index >= 15 is 0 Å². The molecule has 2 rings (SSSR count). The van der Waals surface area contributed by atoms with Crippen LogP contribution in [-0.4, -0.2) is 0 Å². The Morgan fingerprint density at radius 2 is 0.933 bits per heavy atom. The van der Waals surface area contributed by atoms with E-state index in [-0.39, 0.29) is 0 Å². The molecule has 0 aliphatic rings. The summed E-state index contributed by atoms with van der Waals surface area (Å²) in [5.41, 5.74) is 0. The third kappa shape index (κ3) is 11.9. The molecule has 0 aliphatic heterocycles. The quantitative estimate of drug-likeness (QED) is 0.674. The van der Waals surface area contributed by atoms with Crippen molar-refractivity contribution in [3.63, 3.8) is 0 Å². The zero-order chi connectivity index (χ0) is 11.2. The predicted octanol–water partition coefficient (Wildman–Crippen LogP) is 3.47. The summed E-state index contributed by atoms with van der Waals surface area (Å²) in [6, 6.07) is 18.5. The number of hydrogen-bond acceptors (Lipinski definition) is 3. The minimum atomic E-state index is 1.24. The summed E-state index contributed by atoms with van der Waals surface area (Å²) in [4.78, 5) is 0. The highest BCUT2D eigenvalue weighted by atomic mass is 32.1. The van der Waals surface area contributed by atoms with E-state index in [0.717, 1.165) is 0 Å². The van der Waals surface area contributed by atoms with E-state index in [9.17, 15) is 0 Å². The molecule has 0 aliphatic carbocycles. The molecule has 2 aromatic rings. The van der Waals surface area contributed by atoms with E-state index in [2.05, 4.69) is 0 Å². The first-order chi connectivity index (χ1) is 7.41. The van der Waals surface area contributed by atoms with Crippen LogP contribution in [0, 0.1) is 22.7 Å². The van der Waals surface area contributed by atoms with E-state index in [1.807, 2.05) is 59.3 Å². The summed E-state index contributed by atoms with van der Waals surface area (Å²) in [6.07, 6.45) is 0. The zero-order valence-corrected chi connectivity index (χ0v) is 8.89. The summed E-state index contributed by atoms with van der Waals surface area (Å²) in [5.74, 6) is 0. The van der Waals surface area contributed by atoms with Crippen LogP contribution in [0.2, 0.25) is 0 Å². The van der Waals surface area contributed by atoms with Gasteiger partial charge in [-0.1, -0.05) is 48.5 Å². The maximum atomic E-state index is 7.26. The Balaban J connectivity index is 0.000000202. The summed E-state index contributed by atoms with van der Waals surface area (Å²) < 4.78 is 0. The van der Waals surface area contributed by atoms with Crippen LogP contribution in [0.1, 0.15) is 0 Å². The Morgan fingerprint density at radius 3 is 1.07 bits per heavy atom. The van der Waals surface area contributed by atoms with Gasteiger partial charge in [0.05, 0.1) is 0 Å². The van der Waals surface area contributed by atoms with Gasteiger partial charge in [-0.05, 0) is 10.8 Å². The van der Waals surface area contributed by atoms with Crippen LogP contribution in [0.15, 0.2) is 59.3 Å². The highest BCUT2D eigenvalue weighted by Gasteiger charge is 1.58. The predicted molar refractivity (Wildman–Crippen MR) is 62.0 cm³/mol. The number of nitrogens with zero attached hydrogens (tertiary/aromatic N) is 2. The maximum Gasteiger partial charge on any atom is 0.181 e. The summed E-state index contributed by atoms with van der Waals surface area (Å²) in [6.45, 7) is 0. The number of thiophene rings is 1. The van der Waals surface area contributed by atoms with Gasteiger partial charge in [0.25, 0.3) is 0 Å². The fourth-order valence-electron chi connectivity index (χ4n) is 0.612. The average molecular weight is 214 g/mol. The van der Waals surface area contributed by atoms with Crippen molar-refractivity contribution in [3.8, 4) is 12.1 Å². The molecular weight excluding hydrogens is 204 g/mol. The fourth-order valence-corrected chi connectivity index (χ4v) is 1.07. The molecule has 15 heavy (non-hydrogen) atoms. The van der Waals surface area contributed by atoms with Gasteiger partial charge in [-0.2, -0.15) is 21.9 Å². The monoisotopic (exact) mass is 214 g/mol. The van der Waals surface area contributed by atoms with Gasteiger partial charge in [-0.3, -0.25) is 0 Å². The molecule has 0 atom stereocenters. The molecule has 0 N–H and O–H groups in total. The smallest absolute Gasteiger partial charge is 0.181 e. The SMILES string of the molecule is N#CC#N.c1ccccc1.c1ccsc1. The highest BCUT2D eigenvalue weighted by molar-refractivity contribution is 7.07.